The van der Waals surface area contributed by atoms with E-state index in [0.29, 0.717) is 5.56 Å². The lowest BCUT2D eigenvalue weighted by atomic mass is 10.0. The standard InChI is InChI=1S/C10H13ClN2O2/c1-4-5-8-6(2)9(13(14)15)10(11)12-7(8)3/h4-5H2,1-3H3. The second kappa shape index (κ2) is 4.57. The van der Waals surface area contributed by atoms with Crippen LogP contribution in [0.4, 0.5) is 5.69 Å². The highest BCUT2D eigenvalue weighted by Gasteiger charge is 2.21. The van der Waals surface area contributed by atoms with Gasteiger partial charge in [-0.2, -0.15) is 0 Å². The van der Waals surface area contributed by atoms with Crippen molar-refractivity contribution in [1.29, 1.82) is 0 Å². The quantitative estimate of drug-likeness (QED) is 0.454. The number of aryl methyl sites for hydroxylation is 1. The van der Waals surface area contributed by atoms with Gasteiger partial charge in [-0.1, -0.05) is 24.9 Å². The van der Waals surface area contributed by atoms with Gasteiger partial charge in [0.1, 0.15) is 0 Å². The summed E-state index contributed by atoms with van der Waals surface area (Å²) in [4.78, 5) is 14.3. The Hall–Kier alpha value is -1.16. The summed E-state index contributed by atoms with van der Waals surface area (Å²) in [5.41, 5.74) is 2.30. The second-order valence-electron chi connectivity index (χ2n) is 3.45. The molecule has 0 aliphatic rings. The summed E-state index contributed by atoms with van der Waals surface area (Å²) in [6.45, 7) is 5.58. The molecule has 1 rings (SSSR count). The largest absolute Gasteiger partial charge is 0.309 e. The first kappa shape index (κ1) is 11.9. The third-order valence-corrected chi connectivity index (χ3v) is 2.65. The molecule has 0 atom stereocenters. The third-order valence-electron chi connectivity index (χ3n) is 2.39. The number of aromatic nitrogens is 1. The van der Waals surface area contributed by atoms with Crippen molar-refractivity contribution in [2.75, 3.05) is 0 Å². The van der Waals surface area contributed by atoms with Gasteiger partial charge in [-0.15, -0.1) is 0 Å². The van der Waals surface area contributed by atoms with E-state index >= 15 is 0 Å². The fourth-order valence-electron chi connectivity index (χ4n) is 1.67. The van der Waals surface area contributed by atoms with Gasteiger partial charge in [-0.3, -0.25) is 10.1 Å². The zero-order chi connectivity index (χ0) is 11.6. The van der Waals surface area contributed by atoms with Crippen LogP contribution in [0.25, 0.3) is 0 Å². The lowest BCUT2D eigenvalue weighted by Crippen LogP contribution is -2.03. The zero-order valence-electron chi connectivity index (χ0n) is 9.00. The highest BCUT2D eigenvalue weighted by Crippen LogP contribution is 2.30. The lowest BCUT2D eigenvalue weighted by Gasteiger charge is -2.09. The molecule has 0 fully saturated rings. The van der Waals surface area contributed by atoms with Gasteiger partial charge in [-0.25, -0.2) is 4.98 Å². The van der Waals surface area contributed by atoms with Gasteiger partial charge in [0.2, 0.25) is 5.15 Å². The van der Waals surface area contributed by atoms with Crippen molar-refractivity contribution in [2.24, 2.45) is 0 Å². The topological polar surface area (TPSA) is 56.0 Å². The maximum Gasteiger partial charge on any atom is 0.309 e. The predicted molar refractivity (Wildman–Crippen MR) is 59.4 cm³/mol. The van der Waals surface area contributed by atoms with Crippen LogP contribution < -0.4 is 0 Å². The number of hydrogen-bond acceptors (Lipinski definition) is 3. The van der Waals surface area contributed by atoms with Gasteiger partial charge < -0.3 is 0 Å². The van der Waals surface area contributed by atoms with Crippen molar-refractivity contribution in [2.45, 2.75) is 33.6 Å². The molecule has 0 aromatic carbocycles. The molecule has 0 bridgehead atoms. The van der Waals surface area contributed by atoms with Gasteiger partial charge in [0.05, 0.1) is 4.92 Å². The summed E-state index contributed by atoms with van der Waals surface area (Å²) in [7, 11) is 0. The highest BCUT2D eigenvalue weighted by atomic mass is 35.5. The average Bonchev–Trinajstić information content (AvgIpc) is 2.11. The van der Waals surface area contributed by atoms with Crippen LogP contribution in [0.15, 0.2) is 0 Å². The number of halogens is 1. The van der Waals surface area contributed by atoms with Gasteiger partial charge in [-0.05, 0) is 25.8 Å². The molecule has 15 heavy (non-hydrogen) atoms. The van der Waals surface area contributed by atoms with E-state index in [2.05, 4.69) is 4.98 Å². The van der Waals surface area contributed by atoms with Gasteiger partial charge in [0.25, 0.3) is 0 Å². The Morgan fingerprint density at radius 1 is 1.47 bits per heavy atom. The van der Waals surface area contributed by atoms with Crippen LogP contribution >= 0.6 is 11.6 Å². The van der Waals surface area contributed by atoms with Gasteiger partial charge in [0, 0.05) is 11.3 Å². The van der Waals surface area contributed by atoms with E-state index in [1.807, 2.05) is 13.8 Å². The van der Waals surface area contributed by atoms with Crippen LogP contribution in [0.1, 0.15) is 30.2 Å². The van der Waals surface area contributed by atoms with E-state index in [1.165, 1.54) is 0 Å². The molecular formula is C10H13ClN2O2. The van der Waals surface area contributed by atoms with Crippen LogP contribution in [-0.2, 0) is 6.42 Å². The highest BCUT2D eigenvalue weighted by molar-refractivity contribution is 6.31. The molecule has 0 saturated carbocycles. The SMILES string of the molecule is CCCc1c(C)nc(Cl)c([N+](=O)[O-])c1C. The van der Waals surface area contributed by atoms with E-state index in [1.54, 1.807) is 6.92 Å². The molecule has 1 heterocycles. The Balaban J connectivity index is 3.42. The van der Waals surface area contributed by atoms with Crippen molar-refractivity contribution in [3.63, 3.8) is 0 Å². The van der Waals surface area contributed by atoms with E-state index in [0.717, 1.165) is 24.1 Å². The fourth-order valence-corrected chi connectivity index (χ4v) is 2.00. The van der Waals surface area contributed by atoms with Crippen molar-refractivity contribution in [1.82, 2.24) is 4.98 Å². The zero-order valence-corrected chi connectivity index (χ0v) is 9.76. The fraction of sp³-hybridized carbons (Fsp3) is 0.500. The first-order valence-corrected chi connectivity index (χ1v) is 5.16. The maximum absolute atomic E-state index is 10.8. The summed E-state index contributed by atoms with van der Waals surface area (Å²) in [6, 6.07) is 0. The molecule has 5 heteroatoms. The molecule has 0 unspecified atom stereocenters. The smallest absolute Gasteiger partial charge is 0.258 e. The number of nitrogens with zero attached hydrogens (tertiary/aromatic N) is 2. The van der Waals surface area contributed by atoms with Crippen LogP contribution in [-0.4, -0.2) is 9.91 Å². The van der Waals surface area contributed by atoms with Crippen molar-refractivity contribution >= 4 is 17.3 Å². The van der Waals surface area contributed by atoms with Gasteiger partial charge in [0.15, 0.2) is 0 Å². The average molecular weight is 229 g/mol. The molecular weight excluding hydrogens is 216 g/mol. The Morgan fingerprint density at radius 2 is 2.07 bits per heavy atom. The first-order valence-electron chi connectivity index (χ1n) is 4.79. The minimum Gasteiger partial charge on any atom is -0.258 e. The Bertz CT molecular complexity index is 405. The Kier molecular flexibility index (Phi) is 3.63. The van der Waals surface area contributed by atoms with Crippen molar-refractivity contribution in [3.8, 4) is 0 Å². The summed E-state index contributed by atoms with van der Waals surface area (Å²) in [5, 5.41) is 10.8. The number of rotatable bonds is 3. The lowest BCUT2D eigenvalue weighted by molar-refractivity contribution is -0.385. The van der Waals surface area contributed by atoms with Crippen LogP contribution in [0.3, 0.4) is 0 Å². The molecule has 1 aromatic heterocycles. The molecule has 4 nitrogen and oxygen atoms in total. The summed E-state index contributed by atoms with van der Waals surface area (Å²) >= 11 is 5.75. The van der Waals surface area contributed by atoms with Crippen LogP contribution in [0, 0.1) is 24.0 Å². The van der Waals surface area contributed by atoms with E-state index in [-0.39, 0.29) is 10.8 Å². The molecule has 1 aromatic rings. The summed E-state index contributed by atoms with van der Waals surface area (Å²) in [5.74, 6) is 0. The maximum atomic E-state index is 10.8. The number of hydrogen-bond donors (Lipinski definition) is 0. The molecule has 0 N–H and O–H groups in total. The van der Waals surface area contributed by atoms with E-state index in [9.17, 15) is 10.1 Å². The Labute approximate surface area is 93.4 Å². The molecule has 0 aliphatic carbocycles. The molecule has 0 aliphatic heterocycles. The predicted octanol–water partition coefficient (Wildman–Crippen LogP) is 3.21. The van der Waals surface area contributed by atoms with Crippen LogP contribution in [0.2, 0.25) is 5.15 Å². The molecule has 82 valence electrons. The molecule has 0 radical (unpaired) electrons. The minimum atomic E-state index is -0.469. The second-order valence-corrected chi connectivity index (χ2v) is 3.81. The molecule has 0 spiro atoms. The Morgan fingerprint density at radius 3 is 2.53 bits per heavy atom. The normalized spacial score (nSPS) is 10.4. The van der Waals surface area contributed by atoms with E-state index in [4.69, 9.17) is 11.6 Å². The monoisotopic (exact) mass is 228 g/mol. The summed E-state index contributed by atoms with van der Waals surface area (Å²) in [6.07, 6.45) is 1.73. The summed E-state index contributed by atoms with van der Waals surface area (Å²) < 4.78 is 0. The van der Waals surface area contributed by atoms with Crippen molar-refractivity contribution in [3.05, 3.63) is 32.1 Å². The molecule has 0 amide bonds. The van der Waals surface area contributed by atoms with E-state index < -0.39 is 4.92 Å². The minimum absolute atomic E-state index is 0.0187. The van der Waals surface area contributed by atoms with Crippen LogP contribution in [0.5, 0.6) is 0 Å². The van der Waals surface area contributed by atoms with Gasteiger partial charge >= 0.3 is 5.69 Å². The first-order chi connectivity index (χ1) is 6.99. The molecule has 0 saturated heterocycles. The number of nitro groups is 1. The van der Waals surface area contributed by atoms with Crippen molar-refractivity contribution < 1.29 is 4.92 Å². The third kappa shape index (κ3) is 2.26. The number of pyridine rings is 1.